The Kier molecular flexibility index (Phi) is 2.69. The summed E-state index contributed by atoms with van der Waals surface area (Å²) >= 11 is 0. The van der Waals surface area contributed by atoms with Crippen LogP contribution in [-0.4, -0.2) is 0 Å². The first-order valence-corrected chi connectivity index (χ1v) is 4.90. The molecule has 0 saturated carbocycles. The number of rotatable bonds is 2. The molecule has 0 heterocycles. The van der Waals surface area contributed by atoms with Crippen LogP contribution < -0.4 is 0 Å². The van der Waals surface area contributed by atoms with E-state index in [1.165, 1.54) is 17.7 Å². The fraction of sp³-hybridized carbons (Fsp3) is 0.143. The van der Waals surface area contributed by atoms with Gasteiger partial charge in [0.25, 0.3) is 0 Å². The average molecular weight is 198 g/mol. The molecule has 0 amide bonds. The molecule has 0 aliphatic carbocycles. The van der Waals surface area contributed by atoms with Crippen molar-refractivity contribution >= 4 is 0 Å². The van der Waals surface area contributed by atoms with Crippen LogP contribution in [0, 0.1) is 17.9 Å². The molecule has 0 bridgehead atoms. The molecule has 2 rings (SSSR count). The second-order valence-electron chi connectivity index (χ2n) is 3.54. The Balaban J connectivity index is 2.29. The van der Waals surface area contributed by atoms with Crippen molar-refractivity contribution in [2.45, 2.75) is 12.8 Å². The summed E-state index contributed by atoms with van der Waals surface area (Å²) < 4.78 is 12.7. The summed E-state index contributed by atoms with van der Waals surface area (Å²) in [6, 6.07) is 18.2. The van der Waals surface area contributed by atoms with Crippen LogP contribution in [0.1, 0.15) is 24.0 Å². The van der Waals surface area contributed by atoms with E-state index in [9.17, 15) is 4.39 Å². The second kappa shape index (κ2) is 4.14. The van der Waals surface area contributed by atoms with Gasteiger partial charge in [0.15, 0.2) is 0 Å². The Morgan fingerprint density at radius 3 is 2.33 bits per heavy atom. The average Bonchev–Trinajstić information content (AvgIpc) is 2.30. The van der Waals surface area contributed by atoms with Gasteiger partial charge in [-0.2, -0.15) is 0 Å². The Bertz CT molecular complexity index is 417. The summed E-state index contributed by atoms with van der Waals surface area (Å²) in [5.74, 6) is 0.0651. The summed E-state index contributed by atoms with van der Waals surface area (Å²) in [5.41, 5.74) is 2.27. The minimum absolute atomic E-state index is 0.195. The van der Waals surface area contributed by atoms with Crippen molar-refractivity contribution in [3.05, 3.63) is 71.5 Å². The third kappa shape index (κ3) is 2.16. The molecule has 15 heavy (non-hydrogen) atoms. The van der Waals surface area contributed by atoms with E-state index in [0.717, 1.165) is 5.56 Å². The van der Waals surface area contributed by atoms with Crippen LogP contribution in [0.25, 0.3) is 0 Å². The molecular formula is C14H11F. The van der Waals surface area contributed by atoms with Crippen molar-refractivity contribution in [1.82, 2.24) is 0 Å². The van der Waals surface area contributed by atoms with Crippen LogP contribution in [0.2, 0.25) is 0 Å². The van der Waals surface area contributed by atoms with Crippen molar-refractivity contribution in [1.29, 1.82) is 0 Å². The number of benzene rings is 1. The first-order chi connectivity index (χ1) is 7.27. The monoisotopic (exact) mass is 198 g/mol. The second-order valence-corrected chi connectivity index (χ2v) is 3.54. The molecule has 1 unspecified atom stereocenters. The standard InChI is InChI=1S/C14H11F/c1-11(12-5-3-2-4-6-12)13-7-9-14(15)10-8-13/h3,5-11H,1H3. The summed E-state index contributed by atoms with van der Waals surface area (Å²) in [5, 5.41) is 0. The fourth-order valence-corrected chi connectivity index (χ4v) is 1.57. The maximum absolute atomic E-state index is 12.7. The molecule has 0 spiro atoms. The number of halogens is 1. The summed E-state index contributed by atoms with van der Waals surface area (Å²) in [7, 11) is 0. The molecule has 0 aromatic heterocycles. The molecule has 0 nitrogen and oxygen atoms in total. The number of hydrogen-bond donors (Lipinski definition) is 0. The van der Waals surface area contributed by atoms with E-state index >= 15 is 0 Å². The van der Waals surface area contributed by atoms with Crippen LogP contribution in [0.5, 0.6) is 0 Å². The molecule has 2 aromatic rings. The minimum atomic E-state index is -0.195. The van der Waals surface area contributed by atoms with Crippen LogP contribution in [0.4, 0.5) is 4.39 Å². The largest absolute Gasteiger partial charge is 0.207 e. The molecule has 74 valence electrons. The highest BCUT2D eigenvalue weighted by molar-refractivity contribution is 5.30. The lowest BCUT2D eigenvalue weighted by Crippen LogP contribution is -1.95. The quantitative estimate of drug-likeness (QED) is 0.692. The summed E-state index contributed by atoms with van der Waals surface area (Å²) in [6.45, 7) is 2.09. The van der Waals surface area contributed by atoms with Gasteiger partial charge in [-0.3, -0.25) is 0 Å². The van der Waals surface area contributed by atoms with Gasteiger partial charge in [-0.05, 0) is 41.5 Å². The van der Waals surface area contributed by atoms with Gasteiger partial charge in [0.05, 0.1) is 0 Å². The zero-order valence-electron chi connectivity index (χ0n) is 8.50. The maximum atomic E-state index is 12.7. The molecule has 0 aliphatic heterocycles. The van der Waals surface area contributed by atoms with Gasteiger partial charge < -0.3 is 0 Å². The molecule has 2 aromatic carbocycles. The van der Waals surface area contributed by atoms with Crippen molar-refractivity contribution in [3.8, 4) is 0 Å². The van der Waals surface area contributed by atoms with E-state index in [1.807, 2.05) is 30.3 Å². The maximum Gasteiger partial charge on any atom is 0.123 e. The van der Waals surface area contributed by atoms with Gasteiger partial charge >= 0.3 is 0 Å². The summed E-state index contributed by atoms with van der Waals surface area (Å²) in [4.78, 5) is 0. The molecule has 1 atom stereocenters. The van der Waals surface area contributed by atoms with Gasteiger partial charge in [-0.15, -0.1) is 0 Å². The highest BCUT2D eigenvalue weighted by Gasteiger charge is 2.07. The van der Waals surface area contributed by atoms with E-state index in [-0.39, 0.29) is 11.7 Å². The van der Waals surface area contributed by atoms with Gasteiger partial charge in [0.2, 0.25) is 0 Å². The van der Waals surface area contributed by atoms with E-state index < -0.39 is 0 Å². The van der Waals surface area contributed by atoms with Crippen LogP contribution in [0.15, 0.2) is 42.5 Å². The predicted molar refractivity (Wildman–Crippen MR) is 58.0 cm³/mol. The van der Waals surface area contributed by atoms with Crippen LogP contribution in [0.3, 0.4) is 0 Å². The van der Waals surface area contributed by atoms with E-state index in [4.69, 9.17) is 0 Å². The zero-order valence-corrected chi connectivity index (χ0v) is 8.50. The summed E-state index contributed by atoms with van der Waals surface area (Å²) in [6.07, 6.45) is 0. The Labute approximate surface area is 89.4 Å². The lowest BCUT2D eigenvalue weighted by atomic mass is 9.94. The third-order valence-corrected chi connectivity index (χ3v) is 2.55. The molecule has 1 heteroatoms. The fourth-order valence-electron chi connectivity index (χ4n) is 1.57. The molecular weight excluding hydrogens is 187 g/mol. The first-order valence-electron chi connectivity index (χ1n) is 4.90. The molecule has 0 saturated heterocycles. The minimum Gasteiger partial charge on any atom is -0.207 e. The Hall–Kier alpha value is -1.81. The van der Waals surface area contributed by atoms with Crippen molar-refractivity contribution in [2.75, 3.05) is 0 Å². The number of hydrogen-bond acceptors (Lipinski definition) is 0. The topological polar surface area (TPSA) is 0 Å². The van der Waals surface area contributed by atoms with Crippen molar-refractivity contribution in [3.63, 3.8) is 0 Å². The van der Waals surface area contributed by atoms with E-state index in [1.54, 1.807) is 0 Å². The highest BCUT2D eigenvalue weighted by Crippen LogP contribution is 2.22. The Morgan fingerprint density at radius 1 is 1.00 bits per heavy atom. The van der Waals surface area contributed by atoms with Gasteiger partial charge in [0.1, 0.15) is 5.82 Å². The molecule has 0 aliphatic rings. The van der Waals surface area contributed by atoms with Gasteiger partial charge in [0, 0.05) is 5.92 Å². The van der Waals surface area contributed by atoms with E-state index in [2.05, 4.69) is 19.1 Å². The highest BCUT2D eigenvalue weighted by atomic mass is 19.1. The molecule has 0 N–H and O–H groups in total. The molecule has 0 fully saturated rings. The van der Waals surface area contributed by atoms with Gasteiger partial charge in [-0.1, -0.05) is 31.2 Å². The lowest BCUT2D eigenvalue weighted by Gasteiger charge is -2.10. The predicted octanol–water partition coefficient (Wildman–Crippen LogP) is 3.58. The smallest absolute Gasteiger partial charge is 0.123 e. The third-order valence-electron chi connectivity index (χ3n) is 2.55. The molecule has 0 radical (unpaired) electrons. The van der Waals surface area contributed by atoms with Gasteiger partial charge in [-0.25, -0.2) is 4.39 Å². The SMILES string of the molecule is CC(c1cc#ccc1)c1ccc(F)cc1. The van der Waals surface area contributed by atoms with Crippen LogP contribution in [-0.2, 0) is 0 Å². The first kappa shape index (κ1) is 9.73. The van der Waals surface area contributed by atoms with Crippen LogP contribution >= 0.6 is 0 Å². The van der Waals surface area contributed by atoms with Crippen molar-refractivity contribution < 1.29 is 4.39 Å². The van der Waals surface area contributed by atoms with Crippen molar-refractivity contribution in [2.24, 2.45) is 0 Å². The van der Waals surface area contributed by atoms with E-state index in [0.29, 0.717) is 0 Å². The normalized spacial score (nSPS) is 11.9. The lowest BCUT2D eigenvalue weighted by molar-refractivity contribution is 0.626. The Morgan fingerprint density at radius 2 is 1.73 bits per heavy atom. The zero-order chi connectivity index (χ0) is 10.7.